The third-order valence-electron chi connectivity index (χ3n) is 2.68. The number of aliphatic carboxylic acids is 1. The first-order chi connectivity index (χ1) is 9.50. The van der Waals surface area contributed by atoms with Gasteiger partial charge in [0.25, 0.3) is 7.52 Å². The number of hydrogen-bond acceptors (Lipinski definition) is 3. The van der Waals surface area contributed by atoms with Crippen LogP contribution in [0.15, 0.2) is 54.9 Å². The topological polar surface area (TPSA) is 99.5 Å². The largest absolute Gasteiger partial charge is 0.480 e. The number of nitrogens with one attached hydrogen (secondary N) is 1. The van der Waals surface area contributed by atoms with Gasteiger partial charge < -0.3 is 10.00 Å². The number of carboxylic acid groups (broad SMARTS) is 1. The van der Waals surface area contributed by atoms with E-state index >= 15 is 0 Å². The van der Waals surface area contributed by atoms with Crippen LogP contribution in [0.25, 0.3) is 0 Å². The summed E-state index contributed by atoms with van der Waals surface area (Å²) in [4.78, 5) is 25.1. The maximum absolute atomic E-state index is 12.2. The van der Waals surface area contributed by atoms with Crippen LogP contribution in [0.2, 0.25) is 0 Å². The highest BCUT2D eigenvalue weighted by atomic mass is 31.2. The summed E-state index contributed by atoms with van der Waals surface area (Å²) < 4.78 is 12.2. The van der Waals surface area contributed by atoms with Gasteiger partial charge in [0.1, 0.15) is 6.04 Å². The lowest BCUT2D eigenvalue weighted by Crippen LogP contribution is -2.29. The maximum atomic E-state index is 12.2. The van der Waals surface area contributed by atoms with Crippen LogP contribution in [0.1, 0.15) is 11.6 Å². The molecule has 0 amide bonds. The summed E-state index contributed by atoms with van der Waals surface area (Å²) in [6.07, 6.45) is 2.70. The SMILES string of the molecule is O=C(O)C(NP(=O)(O)c1cccnc1)c1ccccc1. The normalized spacial score (nSPS) is 15.2. The Morgan fingerprint density at radius 3 is 2.45 bits per heavy atom. The summed E-state index contributed by atoms with van der Waals surface area (Å²) in [6.45, 7) is 0. The van der Waals surface area contributed by atoms with Gasteiger partial charge in [0.15, 0.2) is 0 Å². The van der Waals surface area contributed by atoms with Gasteiger partial charge in [0.05, 0.1) is 5.30 Å². The lowest BCUT2D eigenvalue weighted by atomic mass is 10.1. The van der Waals surface area contributed by atoms with Crippen LogP contribution in [-0.4, -0.2) is 21.0 Å². The Balaban J connectivity index is 2.30. The molecule has 104 valence electrons. The Labute approximate surface area is 115 Å². The smallest absolute Gasteiger partial charge is 0.325 e. The number of pyridine rings is 1. The standard InChI is InChI=1S/C13H13N2O4P/c16-13(17)12(10-5-2-1-3-6-10)15-20(18,19)11-7-4-8-14-9-11/h1-9,12H,(H,16,17)(H2,15,18,19). The average Bonchev–Trinajstić information content (AvgIpc) is 2.46. The Morgan fingerprint density at radius 1 is 1.20 bits per heavy atom. The Bertz CT molecular complexity index is 633. The lowest BCUT2D eigenvalue weighted by molar-refractivity contribution is -0.139. The lowest BCUT2D eigenvalue weighted by Gasteiger charge is -2.19. The van der Waals surface area contributed by atoms with Crippen molar-refractivity contribution in [3.63, 3.8) is 0 Å². The average molecular weight is 292 g/mol. The zero-order valence-electron chi connectivity index (χ0n) is 10.4. The minimum Gasteiger partial charge on any atom is -0.480 e. The minimum atomic E-state index is -4.01. The molecule has 1 aromatic carbocycles. The molecule has 0 aliphatic rings. The number of benzene rings is 1. The van der Waals surface area contributed by atoms with Gasteiger partial charge in [-0.15, -0.1) is 0 Å². The van der Waals surface area contributed by atoms with Gasteiger partial charge in [0, 0.05) is 12.4 Å². The summed E-state index contributed by atoms with van der Waals surface area (Å²) in [5, 5.41) is 11.6. The monoisotopic (exact) mass is 292 g/mol. The van der Waals surface area contributed by atoms with Gasteiger partial charge in [-0.1, -0.05) is 30.3 Å². The first-order valence-electron chi connectivity index (χ1n) is 5.79. The van der Waals surface area contributed by atoms with E-state index in [4.69, 9.17) is 0 Å². The first kappa shape index (κ1) is 14.4. The summed E-state index contributed by atoms with van der Waals surface area (Å²) in [5.74, 6) is -1.23. The summed E-state index contributed by atoms with van der Waals surface area (Å²) in [6, 6.07) is 9.89. The second-order valence-corrected chi connectivity index (χ2v) is 6.02. The van der Waals surface area contributed by atoms with Gasteiger partial charge in [-0.25, -0.2) is 5.09 Å². The molecule has 3 N–H and O–H groups in total. The maximum Gasteiger partial charge on any atom is 0.325 e. The number of hydrogen-bond donors (Lipinski definition) is 3. The molecule has 2 rings (SSSR count). The third-order valence-corrected chi connectivity index (χ3v) is 4.25. The Hall–Kier alpha value is -2.01. The van der Waals surface area contributed by atoms with Crippen molar-refractivity contribution in [3.05, 3.63) is 60.4 Å². The van der Waals surface area contributed by atoms with Crippen molar-refractivity contribution in [1.82, 2.24) is 10.1 Å². The van der Waals surface area contributed by atoms with E-state index in [1.165, 1.54) is 24.5 Å². The van der Waals surface area contributed by atoms with Crippen LogP contribution in [0, 0.1) is 0 Å². The molecule has 0 spiro atoms. The van der Waals surface area contributed by atoms with Gasteiger partial charge in [-0.05, 0) is 17.7 Å². The highest BCUT2D eigenvalue weighted by Gasteiger charge is 2.30. The van der Waals surface area contributed by atoms with E-state index in [0.29, 0.717) is 5.56 Å². The second kappa shape index (κ2) is 5.96. The zero-order valence-corrected chi connectivity index (χ0v) is 11.3. The van der Waals surface area contributed by atoms with E-state index in [2.05, 4.69) is 10.1 Å². The van der Waals surface area contributed by atoms with Crippen LogP contribution >= 0.6 is 7.52 Å². The number of nitrogens with zero attached hydrogens (tertiary/aromatic N) is 1. The van der Waals surface area contributed by atoms with Crippen molar-refractivity contribution in [1.29, 1.82) is 0 Å². The summed E-state index contributed by atoms with van der Waals surface area (Å²) in [5.41, 5.74) is 0.401. The molecule has 20 heavy (non-hydrogen) atoms. The van der Waals surface area contributed by atoms with Crippen LogP contribution in [0.3, 0.4) is 0 Å². The highest BCUT2D eigenvalue weighted by Crippen LogP contribution is 2.37. The fourth-order valence-corrected chi connectivity index (χ4v) is 2.97. The van der Waals surface area contributed by atoms with Gasteiger partial charge in [0.2, 0.25) is 0 Å². The van der Waals surface area contributed by atoms with Crippen LogP contribution in [-0.2, 0) is 9.36 Å². The second-order valence-electron chi connectivity index (χ2n) is 4.10. The van der Waals surface area contributed by atoms with E-state index in [1.54, 1.807) is 30.3 Å². The molecule has 0 saturated heterocycles. The molecular formula is C13H13N2O4P. The minimum absolute atomic E-state index is 0.0576. The quantitative estimate of drug-likeness (QED) is 0.718. The number of carboxylic acids is 1. The number of carbonyl (C=O) groups is 1. The molecule has 1 aromatic heterocycles. The zero-order chi connectivity index (χ0) is 14.6. The van der Waals surface area contributed by atoms with Crippen LogP contribution < -0.4 is 10.4 Å². The van der Waals surface area contributed by atoms with Crippen LogP contribution in [0.4, 0.5) is 0 Å². The van der Waals surface area contributed by atoms with Gasteiger partial charge >= 0.3 is 5.97 Å². The first-order valence-corrected chi connectivity index (χ1v) is 7.45. The molecule has 0 fully saturated rings. The molecule has 2 aromatic rings. The van der Waals surface area contributed by atoms with Crippen molar-refractivity contribution in [2.75, 3.05) is 0 Å². The predicted molar refractivity (Wildman–Crippen MR) is 73.7 cm³/mol. The van der Waals surface area contributed by atoms with Crippen molar-refractivity contribution in [2.45, 2.75) is 6.04 Å². The van der Waals surface area contributed by atoms with E-state index in [0.717, 1.165) is 0 Å². The molecule has 0 bridgehead atoms. The molecule has 2 unspecified atom stereocenters. The van der Waals surface area contributed by atoms with Crippen molar-refractivity contribution in [3.8, 4) is 0 Å². The molecule has 6 nitrogen and oxygen atoms in total. The van der Waals surface area contributed by atoms with E-state index < -0.39 is 19.5 Å². The Morgan fingerprint density at radius 2 is 1.90 bits per heavy atom. The number of rotatable bonds is 5. The fourth-order valence-electron chi connectivity index (χ4n) is 1.70. The number of aromatic nitrogens is 1. The predicted octanol–water partition coefficient (Wildman–Crippen LogP) is 1.31. The summed E-state index contributed by atoms with van der Waals surface area (Å²) >= 11 is 0. The molecule has 0 aliphatic heterocycles. The van der Waals surface area contributed by atoms with Gasteiger partial charge in [-0.3, -0.25) is 14.3 Å². The van der Waals surface area contributed by atoms with Crippen molar-refractivity contribution >= 4 is 18.8 Å². The van der Waals surface area contributed by atoms with Crippen molar-refractivity contribution in [2.24, 2.45) is 0 Å². The molecule has 0 aliphatic carbocycles. The van der Waals surface area contributed by atoms with Gasteiger partial charge in [-0.2, -0.15) is 0 Å². The Kier molecular flexibility index (Phi) is 4.29. The molecule has 1 heterocycles. The fraction of sp³-hybridized carbons (Fsp3) is 0.0769. The third kappa shape index (κ3) is 3.30. The molecule has 0 saturated carbocycles. The molecule has 7 heteroatoms. The molecule has 0 radical (unpaired) electrons. The molecule has 2 atom stereocenters. The highest BCUT2D eigenvalue weighted by molar-refractivity contribution is 7.64. The van der Waals surface area contributed by atoms with E-state index in [9.17, 15) is 19.4 Å². The van der Waals surface area contributed by atoms with Crippen molar-refractivity contribution < 1.29 is 19.4 Å². The molecular weight excluding hydrogens is 279 g/mol. The van der Waals surface area contributed by atoms with E-state index in [1.807, 2.05) is 0 Å². The summed E-state index contributed by atoms with van der Waals surface area (Å²) in [7, 11) is -4.01. The van der Waals surface area contributed by atoms with Crippen LogP contribution in [0.5, 0.6) is 0 Å². The van der Waals surface area contributed by atoms with E-state index in [-0.39, 0.29) is 5.30 Å².